The number of H-pyrrole nitrogens is 1. The van der Waals surface area contributed by atoms with Crippen molar-refractivity contribution >= 4 is 17.6 Å². The average Bonchev–Trinajstić information content (AvgIpc) is 2.39. The van der Waals surface area contributed by atoms with Crippen molar-refractivity contribution in [2.45, 2.75) is 29.7 Å². The summed E-state index contributed by atoms with van der Waals surface area (Å²) in [4.78, 5) is 18.0. The van der Waals surface area contributed by atoms with Crippen LogP contribution in [0.25, 0.3) is 0 Å². The van der Waals surface area contributed by atoms with Crippen LogP contribution in [-0.2, 0) is 4.74 Å². The number of hydrogen-bond acceptors (Lipinski definition) is 8. The lowest BCUT2D eigenvalue weighted by Gasteiger charge is -2.35. The van der Waals surface area contributed by atoms with E-state index in [0.717, 1.165) is 0 Å². The van der Waals surface area contributed by atoms with Gasteiger partial charge in [-0.2, -0.15) is 0 Å². The van der Waals surface area contributed by atoms with Crippen molar-refractivity contribution in [3.05, 3.63) is 16.4 Å². The number of aromatic nitrogens is 2. The van der Waals surface area contributed by atoms with Crippen molar-refractivity contribution in [1.29, 1.82) is 0 Å². The second-order valence-corrected chi connectivity index (χ2v) is 4.88. The summed E-state index contributed by atoms with van der Waals surface area (Å²) in [6, 6.07) is 1.22. The van der Waals surface area contributed by atoms with E-state index in [4.69, 9.17) is 4.74 Å². The second-order valence-electron chi connectivity index (χ2n) is 4.09. The van der Waals surface area contributed by atoms with Crippen molar-refractivity contribution in [3.63, 3.8) is 0 Å². The molecule has 0 bridgehead atoms. The van der Waals surface area contributed by atoms with Crippen LogP contribution in [0.2, 0.25) is 0 Å². The highest BCUT2D eigenvalue weighted by atomic mass is 32.2. The van der Waals surface area contributed by atoms with Gasteiger partial charge in [0.2, 0.25) is 0 Å². The Bertz CT molecular complexity index is 496. The van der Waals surface area contributed by atoms with Crippen LogP contribution in [0.3, 0.4) is 0 Å². The molecule has 2 heterocycles. The molecule has 1 saturated heterocycles. The van der Waals surface area contributed by atoms with Gasteiger partial charge in [-0.05, 0) is 6.26 Å². The van der Waals surface area contributed by atoms with Gasteiger partial charge in [0.15, 0.2) is 11.4 Å². The SMILES string of the molecule is CSc1nc(N[C@@H]2OC[C@@H](O)[C@@H](O)[C@@H]2O)cc(=O)[nH]1. The Labute approximate surface area is 112 Å². The molecule has 19 heavy (non-hydrogen) atoms. The maximum atomic E-state index is 11.4. The summed E-state index contributed by atoms with van der Waals surface area (Å²) in [5.74, 6) is 0.223. The van der Waals surface area contributed by atoms with Gasteiger partial charge in [-0.1, -0.05) is 11.8 Å². The molecule has 1 aromatic rings. The molecule has 0 aliphatic carbocycles. The molecule has 0 unspecified atom stereocenters. The summed E-state index contributed by atoms with van der Waals surface area (Å²) >= 11 is 1.26. The zero-order chi connectivity index (χ0) is 14.0. The van der Waals surface area contributed by atoms with E-state index in [1.165, 1.54) is 17.8 Å². The first-order valence-electron chi connectivity index (χ1n) is 5.59. The monoisotopic (exact) mass is 289 g/mol. The van der Waals surface area contributed by atoms with Crippen LogP contribution in [-0.4, -0.2) is 62.7 Å². The molecular weight excluding hydrogens is 274 g/mol. The zero-order valence-electron chi connectivity index (χ0n) is 10.1. The summed E-state index contributed by atoms with van der Waals surface area (Å²) in [6.45, 7) is -0.117. The summed E-state index contributed by atoms with van der Waals surface area (Å²) in [7, 11) is 0. The van der Waals surface area contributed by atoms with Crippen molar-refractivity contribution in [3.8, 4) is 0 Å². The quantitative estimate of drug-likeness (QED) is 0.330. The average molecular weight is 289 g/mol. The molecule has 0 aromatic carbocycles. The van der Waals surface area contributed by atoms with Gasteiger partial charge in [0.05, 0.1) is 6.61 Å². The van der Waals surface area contributed by atoms with Crippen molar-refractivity contribution < 1.29 is 20.1 Å². The van der Waals surface area contributed by atoms with E-state index in [1.807, 2.05) is 0 Å². The van der Waals surface area contributed by atoms with Crippen LogP contribution >= 0.6 is 11.8 Å². The third-order valence-electron chi connectivity index (χ3n) is 2.70. The number of aliphatic hydroxyl groups is 3. The molecule has 5 N–H and O–H groups in total. The Balaban J connectivity index is 2.13. The Hall–Kier alpha value is -1.13. The largest absolute Gasteiger partial charge is 0.388 e. The van der Waals surface area contributed by atoms with Gasteiger partial charge >= 0.3 is 0 Å². The second kappa shape index (κ2) is 5.88. The molecule has 1 fully saturated rings. The lowest BCUT2D eigenvalue weighted by molar-refractivity contribution is -0.178. The van der Waals surface area contributed by atoms with Gasteiger partial charge in [-0.15, -0.1) is 0 Å². The smallest absolute Gasteiger partial charge is 0.253 e. The van der Waals surface area contributed by atoms with Gasteiger partial charge in [0, 0.05) is 6.07 Å². The van der Waals surface area contributed by atoms with Gasteiger partial charge in [0.25, 0.3) is 5.56 Å². The lowest BCUT2D eigenvalue weighted by Crippen LogP contribution is -2.55. The topological polar surface area (TPSA) is 128 Å². The molecule has 0 radical (unpaired) electrons. The fourth-order valence-electron chi connectivity index (χ4n) is 1.68. The molecule has 4 atom stereocenters. The molecular formula is C10H15N3O5S. The Morgan fingerprint density at radius 3 is 2.89 bits per heavy atom. The fourth-order valence-corrected chi connectivity index (χ4v) is 2.08. The van der Waals surface area contributed by atoms with Crippen LogP contribution in [0.5, 0.6) is 0 Å². The summed E-state index contributed by atoms with van der Waals surface area (Å²) in [6.07, 6.45) is -2.95. The number of hydrogen-bond donors (Lipinski definition) is 5. The molecule has 0 amide bonds. The van der Waals surface area contributed by atoms with Gasteiger partial charge in [-0.25, -0.2) is 4.98 Å². The van der Waals surface area contributed by atoms with E-state index in [9.17, 15) is 20.1 Å². The van der Waals surface area contributed by atoms with Crippen molar-refractivity contribution in [2.75, 3.05) is 18.2 Å². The van der Waals surface area contributed by atoms with Crippen LogP contribution in [0.15, 0.2) is 16.0 Å². The van der Waals surface area contributed by atoms with E-state index in [-0.39, 0.29) is 18.0 Å². The first kappa shape index (κ1) is 14.3. The Kier molecular flexibility index (Phi) is 4.42. The van der Waals surface area contributed by atoms with Gasteiger partial charge in [0.1, 0.15) is 24.1 Å². The lowest BCUT2D eigenvalue weighted by atomic mass is 10.0. The standard InChI is InChI=1S/C10H15N3O5S/c1-19-10-12-5(2-6(15)13-10)11-9-8(17)7(16)4(14)3-18-9/h2,4,7-9,14,16-17H,3H2,1H3,(H2,11,12,13,15)/t4-,7-,8+,9-/m1/s1. The number of ether oxygens (including phenoxy) is 1. The fraction of sp³-hybridized carbons (Fsp3) is 0.600. The molecule has 8 nitrogen and oxygen atoms in total. The van der Waals surface area contributed by atoms with Crippen LogP contribution in [0.1, 0.15) is 0 Å². The predicted molar refractivity (Wildman–Crippen MR) is 68.0 cm³/mol. The summed E-state index contributed by atoms with van der Waals surface area (Å²) in [5.41, 5.74) is -0.340. The molecule has 1 aliphatic rings. The minimum absolute atomic E-state index is 0.117. The van der Waals surface area contributed by atoms with Gasteiger partial charge in [-0.3, -0.25) is 4.79 Å². The third kappa shape index (κ3) is 3.25. The zero-order valence-corrected chi connectivity index (χ0v) is 10.9. The van der Waals surface area contributed by atoms with E-state index in [0.29, 0.717) is 5.16 Å². The molecule has 9 heteroatoms. The molecule has 1 aromatic heterocycles. The maximum absolute atomic E-state index is 11.4. The van der Waals surface area contributed by atoms with E-state index in [2.05, 4.69) is 15.3 Å². The first-order valence-corrected chi connectivity index (χ1v) is 6.81. The number of aromatic amines is 1. The van der Waals surface area contributed by atoms with Crippen molar-refractivity contribution in [1.82, 2.24) is 9.97 Å². The normalized spacial score (nSPS) is 31.2. The van der Waals surface area contributed by atoms with Crippen LogP contribution in [0, 0.1) is 0 Å². The minimum atomic E-state index is -1.32. The maximum Gasteiger partial charge on any atom is 0.253 e. The summed E-state index contributed by atoms with van der Waals surface area (Å²) in [5, 5.41) is 31.7. The first-order chi connectivity index (χ1) is 9.01. The number of nitrogens with zero attached hydrogens (tertiary/aromatic N) is 1. The Morgan fingerprint density at radius 1 is 1.47 bits per heavy atom. The molecule has 1 aliphatic heterocycles. The molecule has 2 rings (SSSR count). The third-order valence-corrected chi connectivity index (χ3v) is 3.28. The van der Waals surface area contributed by atoms with E-state index < -0.39 is 24.5 Å². The number of nitrogens with one attached hydrogen (secondary N) is 2. The van der Waals surface area contributed by atoms with Crippen molar-refractivity contribution in [2.24, 2.45) is 0 Å². The molecule has 0 spiro atoms. The number of rotatable bonds is 3. The highest BCUT2D eigenvalue weighted by Crippen LogP contribution is 2.17. The predicted octanol–water partition coefficient (Wildman–Crippen LogP) is -1.66. The molecule has 106 valence electrons. The van der Waals surface area contributed by atoms with Gasteiger partial charge < -0.3 is 30.4 Å². The number of thioether (sulfide) groups is 1. The Morgan fingerprint density at radius 2 is 2.21 bits per heavy atom. The van der Waals surface area contributed by atoms with Crippen LogP contribution < -0.4 is 10.9 Å². The highest BCUT2D eigenvalue weighted by molar-refractivity contribution is 7.98. The van der Waals surface area contributed by atoms with E-state index in [1.54, 1.807) is 6.26 Å². The van der Waals surface area contributed by atoms with E-state index >= 15 is 0 Å². The van der Waals surface area contributed by atoms with Crippen LogP contribution in [0.4, 0.5) is 5.82 Å². The number of aliphatic hydroxyl groups excluding tert-OH is 3. The number of anilines is 1. The molecule has 0 saturated carbocycles. The minimum Gasteiger partial charge on any atom is -0.388 e. The summed E-state index contributed by atoms with van der Waals surface area (Å²) < 4.78 is 5.16. The highest BCUT2D eigenvalue weighted by Gasteiger charge is 2.37.